The smallest absolute Gasteiger partial charge is 0.353 e. The van der Waals surface area contributed by atoms with E-state index in [1.54, 1.807) is 6.07 Å². The minimum Gasteiger partial charge on any atom is -0.353 e. The third kappa shape index (κ3) is 4.11. The van der Waals surface area contributed by atoms with Gasteiger partial charge in [-0.25, -0.2) is 0 Å². The standard InChI is InChI=1S/C19H24F3NO/c20-19(21,22)17-11-7-6-10-14(17)15-12-16(15)18(24)23-13-8-4-2-1-3-5-9-13/h6-7,10-11,13,15-16H,1-5,8-9,12H2,(H,23,24). The molecular formula is C19H24F3NO. The summed E-state index contributed by atoms with van der Waals surface area (Å²) in [6, 6.07) is 5.83. The summed E-state index contributed by atoms with van der Waals surface area (Å²) in [5, 5.41) is 3.09. The van der Waals surface area contributed by atoms with E-state index >= 15 is 0 Å². The Morgan fingerprint density at radius 2 is 1.62 bits per heavy atom. The van der Waals surface area contributed by atoms with E-state index < -0.39 is 11.7 Å². The van der Waals surface area contributed by atoms with Gasteiger partial charge >= 0.3 is 6.18 Å². The lowest BCUT2D eigenvalue weighted by Crippen LogP contribution is -2.36. The monoisotopic (exact) mass is 339 g/mol. The van der Waals surface area contributed by atoms with Crippen molar-refractivity contribution in [2.75, 3.05) is 0 Å². The van der Waals surface area contributed by atoms with Gasteiger partial charge in [-0.2, -0.15) is 13.2 Å². The average molecular weight is 339 g/mol. The topological polar surface area (TPSA) is 29.1 Å². The van der Waals surface area contributed by atoms with Crippen LogP contribution in [0.3, 0.4) is 0 Å². The summed E-state index contributed by atoms with van der Waals surface area (Å²) in [7, 11) is 0. The predicted octanol–water partition coefficient (Wildman–Crippen LogP) is 5.04. The van der Waals surface area contributed by atoms with Crippen LogP contribution < -0.4 is 5.32 Å². The summed E-state index contributed by atoms with van der Waals surface area (Å²) in [6.45, 7) is 0. The van der Waals surface area contributed by atoms with Crippen molar-refractivity contribution < 1.29 is 18.0 Å². The molecule has 0 heterocycles. The molecular weight excluding hydrogens is 315 g/mol. The van der Waals surface area contributed by atoms with Crippen molar-refractivity contribution in [3.05, 3.63) is 35.4 Å². The first-order valence-electron chi connectivity index (χ1n) is 8.93. The normalized spacial score (nSPS) is 25.6. The van der Waals surface area contributed by atoms with Gasteiger partial charge in [-0.1, -0.05) is 50.3 Å². The van der Waals surface area contributed by atoms with Crippen molar-refractivity contribution in [2.45, 2.75) is 69.5 Å². The van der Waals surface area contributed by atoms with Crippen LogP contribution in [0.1, 0.15) is 68.4 Å². The lowest BCUT2D eigenvalue weighted by atomic mass is 9.96. The van der Waals surface area contributed by atoms with Crippen molar-refractivity contribution in [3.63, 3.8) is 0 Å². The molecule has 2 unspecified atom stereocenters. The first-order valence-corrected chi connectivity index (χ1v) is 8.93. The number of amides is 1. The van der Waals surface area contributed by atoms with Crippen LogP contribution in [-0.2, 0) is 11.0 Å². The highest BCUT2D eigenvalue weighted by Gasteiger charge is 2.48. The predicted molar refractivity (Wildman–Crippen MR) is 86.5 cm³/mol. The highest BCUT2D eigenvalue weighted by Crippen LogP contribution is 2.51. The molecule has 0 aliphatic heterocycles. The molecule has 2 nitrogen and oxygen atoms in total. The van der Waals surface area contributed by atoms with Crippen LogP contribution in [0.2, 0.25) is 0 Å². The van der Waals surface area contributed by atoms with Crippen molar-refractivity contribution in [2.24, 2.45) is 5.92 Å². The zero-order valence-corrected chi connectivity index (χ0v) is 13.7. The molecule has 3 rings (SSSR count). The number of alkyl halides is 3. The van der Waals surface area contributed by atoms with Crippen LogP contribution in [0.15, 0.2) is 24.3 Å². The maximum absolute atomic E-state index is 13.1. The minimum absolute atomic E-state index is 0.0671. The van der Waals surface area contributed by atoms with Crippen LogP contribution in [0.25, 0.3) is 0 Å². The first-order chi connectivity index (χ1) is 11.5. The molecule has 5 heteroatoms. The van der Waals surface area contributed by atoms with Gasteiger partial charge in [0.25, 0.3) is 0 Å². The Morgan fingerprint density at radius 3 is 2.29 bits per heavy atom. The fourth-order valence-electron chi connectivity index (χ4n) is 3.82. The van der Waals surface area contributed by atoms with E-state index in [4.69, 9.17) is 0 Å². The number of nitrogens with one attached hydrogen (secondary N) is 1. The fraction of sp³-hybridized carbons (Fsp3) is 0.632. The molecule has 2 fully saturated rings. The summed E-state index contributed by atoms with van der Waals surface area (Å²) < 4.78 is 39.4. The van der Waals surface area contributed by atoms with E-state index in [-0.39, 0.29) is 29.3 Å². The van der Waals surface area contributed by atoms with Gasteiger partial charge in [-0.15, -0.1) is 0 Å². The van der Waals surface area contributed by atoms with Gasteiger partial charge in [0, 0.05) is 12.0 Å². The van der Waals surface area contributed by atoms with E-state index in [1.807, 2.05) is 0 Å². The van der Waals surface area contributed by atoms with Crippen LogP contribution in [0, 0.1) is 5.92 Å². The third-order valence-electron chi connectivity index (χ3n) is 5.24. The Hall–Kier alpha value is -1.52. The Morgan fingerprint density at radius 1 is 1.00 bits per heavy atom. The van der Waals surface area contributed by atoms with Crippen molar-refractivity contribution in [1.82, 2.24) is 5.32 Å². The van der Waals surface area contributed by atoms with Gasteiger partial charge in [0.2, 0.25) is 5.91 Å². The van der Waals surface area contributed by atoms with E-state index in [9.17, 15) is 18.0 Å². The second-order valence-electron chi connectivity index (χ2n) is 7.08. The molecule has 0 spiro atoms. The zero-order valence-electron chi connectivity index (χ0n) is 13.7. The number of carbonyl (C=O) groups is 1. The van der Waals surface area contributed by atoms with Gasteiger partial charge in [0.15, 0.2) is 0 Å². The van der Waals surface area contributed by atoms with Crippen LogP contribution in [0.4, 0.5) is 13.2 Å². The van der Waals surface area contributed by atoms with Crippen molar-refractivity contribution in [3.8, 4) is 0 Å². The van der Waals surface area contributed by atoms with E-state index in [0.717, 1.165) is 31.7 Å². The number of benzene rings is 1. The molecule has 0 aromatic heterocycles. The Balaban J connectivity index is 1.62. The molecule has 2 atom stereocenters. The highest BCUT2D eigenvalue weighted by molar-refractivity contribution is 5.83. The summed E-state index contributed by atoms with van der Waals surface area (Å²) in [6.07, 6.45) is 4.05. The molecule has 0 radical (unpaired) electrons. The lowest BCUT2D eigenvalue weighted by molar-refractivity contribution is -0.138. The second kappa shape index (κ2) is 7.16. The van der Waals surface area contributed by atoms with E-state index in [1.165, 1.54) is 31.4 Å². The number of carbonyl (C=O) groups excluding carboxylic acids is 1. The molecule has 2 aliphatic rings. The second-order valence-corrected chi connectivity index (χ2v) is 7.08. The lowest BCUT2D eigenvalue weighted by Gasteiger charge is -2.21. The van der Waals surface area contributed by atoms with Gasteiger partial charge in [-0.05, 0) is 36.8 Å². The number of hydrogen-bond acceptors (Lipinski definition) is 1. The Labute approximate surface area is 140 Å². The number of halogens is 3. The van der Waals surface area contributed by atoms with Gasteiger partial charge < -0.3 is 5.32 Å². The van der Waals surface area contributed by atoms with Crippen molar-refractivity contribution in [1.29, 1.82) is 0 Å². The molecule has 24 heavy (non-hydrogen) atoms. The molecule has 0 saturated heterocycles. The number of hydrogen-bond donors (Lipinski definition) is 1. The molecule has 1 N–H and O–H groups in total. The highest BCUT2D eigenvalue weighted by atomic mass is 19.4. The number of rotatable bonds is 3. The fourth-order valence-corrected chi connectivity index (χ4v) is 3.82. The Bertz CT molecular complexity index is 576. The maximum atomic E-state index is 13.1. The maximum Gasteiger partial charge on any atom is 0.416 e. The van der Waals surface area contributed by atoms with Crippen LogP contribution in [0.5, 0.6) is 0 Å². The van der Waals surface area contributed by atoms with Gasteiger partial charge in [0.1, 0.15) is 0 Å². The summed E-state index contributed by atoms with van der Waals surface area (Å²) >= 11 is 0. The first kappa shape index (κ1) is 17.3. The van der Waals surface area contributed by atoms with Gasteiger partial charge in [0.05, 0.1) is 5.56 Å². The van der Waals surface area contributed by atoms with Gasteiger partial charge in [-0.3, -0.25) is 4.79 Å². The van der Waals surface area contributed by atoms with E-state index in [2.05, 4.69) is 5.32 Å². The van der Waals surface area contributed by atoms with Crippen LogP contribution in [-0.4, -0.2) is 11.9 Å². The minimum atomic E-state index is -4.36. The SMILES string of the molecule is O=C(NC1CCCCCCC1)C1CC1c1ccccc1C(F)(F)F. The quantitative estimate of drug-likeness (QED) is 0.821. The van der Waals surface area contributed by atoms with E-state index in [0.29, 0.717) is 6.42 Å². The molecule has 1 aromatic carbocycles. The molecule has 1 amide bonds. The third-order valence-corrected chi connectivity index (χ3v) is 5.24. The molecule has 2 aliphatic carbocycles. The molecule has 2 saturated carbocycles. The molecule has 0 bridgehead atoms. The summed E-state index contributed by atoms with van der Waals surface area (Å²) in [5.41, 5.74) is -0.334. The molecule has 1 aromatic rings. The largest absolute Gasteiger partial charge is 0.416 e. The average Bonchev–Trinajstić information content (AvgIpc) is 3.29. The zero-order chi connectivity index (χ0) is 17.2. The van der Waals surface area contributed by atoms with Crippen molar-refractivity contribution >= 4 is 5.91 Å². The van der Waals surface area contributed by atoms with Crippen LogP contribution >= 0.6 is 0 Å². The summed E-state index contributed by atoms with van der Waals surface area (Å²) in [4.78, 5) is 12.4. The molecule has 132 valence electrons. The Kier molecular flexibility index (Phi) is 5.16. The summed E-state index contributed by atoms with van der Waals surface area (Å²) in [5.74, 6) is -0.669.